The number of sulfonamides is 1. The predicted octanol–water partition coefficient (Wildman–Crippen LogP) is 1.86. The number of nitrogens with one attached hydrogen (secondary N) is 2. The molecule has 8 heteroatoms. The van der Waals surface area contributed by atoms with E-state index in [-0.39, 0.29) is 17.5 Å². The first kappa shape index (κ1) is 21.7. The van der Waals surface area contributed by atoms with Gasteiger partial charge in [-0.1, -0.05) is 25.1 Å². The first-order chi connectivity index (χ1) is 12.8. The fourth-order valence-corrected chi connectivity index (χ4v) is 4.24. The van der Waals surface area contributed by atoms with E-state index in [0.717, 1.165) is 32.0 Å². The lowest BCUT2D eigenvalue weighted by atomic mass is 9.99. The summed E-state index contributed by atoms with van der Waals surface area (Å²) in [6, 6.07) is 6.45. The van der Waals surface area contributed by atoms with Crippen molar-refractivity contribution in [3.05, 3.63) is 29.8 Å². The fraction of sp³-hybridized carbons (Fsp3) is 0.632. The van der Waals surface area contributed by atoms with Crippen LogP contribution in [0.2, 0.25) is 0 Å². The quantitative estimate of drug-likeness (QED) is 0.657. The minimum absolute atomic E-state index is 0.166. The molecule has 7 nitrogen and oxygen atoms in total. The van der Waals surface area contributed by atoms with Crippen molar-refractivity contribution >= 4 is 16.1 Å². The molecule has 0 unspecified atom stereocenters. The molecule has 2 N–H and O–H groups in total. The maximum Gasteiger partial charge on any atom is 0.315 e. The van der Waals surface area contributed by atoms with Crippen molar-refractivity contribution in [1.29, 1.82) is 0 Å². The Morgan fingerprint density at radius 1 is 1.19 bits per heavy atom. The van der Waals surface area contributed by atoms with E-state index in [2.05, 4.69) is 22.5 Å². The molecule has 2 rings (SSSR count). The molecular formula is C19H32N4O3S. The van der Waals surface area contributed by atoms with Crippen molar-refractivity contribution < 1.29 is 13.2 Å². The summed E-state index contributed by atoms with van der Waals surface area (Å²) in [4.78, 5) is 14.7. The molecule has 1 aromatic carbocycles. The van der Waals surface area contributed by atoms with Crippen molar-refractivity contribution in [2.24, 2.45) is 5.92 Å². The molecule has 0 bridgehead atoms. The predicted molar refractivity (Wildman–Crippen MR) is 107 cm³/mol. The number of hydrogen-bond acceptors (Lipinski definition) is 4. The van der Waals surface area contributed by atoms with Gasteiger partial charge in [0.1, 0.15) is 0 Å². The van der Waals surface area contributed by atoms with Crippen LogP contribution in [0.4, 0.5) is 4.79 Å². The summed E-state index contributed by atoms with van der Waals surface area (Å²) >= 11 is 0. The fourth-order valence-electron chi connectivity index (χ4n) is 3.13. The molecule has 1 saturated heterocycles. The average molecular weight is 397 g/mol. The number of nitrogens with zero attached hydrogens (tertiary/aromatic N) is 2. The Kier molecular flexibility index (Phi) is 8.07. The summed E-state index contributed by atoms with van der Waals surface area (Å²) in [5.41, 5.74) is 0.573. The first-order valence-electron chi connectivity index (χ1n) is 9.55. The second kappa shape index (κ2) is 10.1. The molecular weight excluding hydrogens is 364 g/mol. The molecule has 2 amide bonds. The van der Waals surface area contributed by atoms with Gasteiger partial charge in [0.15, 0.2) is 0 Å². The van der Waals surface area contributed by atoms with E-state index in [4.69, 9.17) is 0 Å². The largest absolute Gasteiger partial charge is 0.338 e. The standard InChI is InChI=1S/C19H32N4O3S/c1-16-9-13-23(14-10-16)12-6-11-20-19(24)21-15-17-7-4-5-8-18(17)27(25,26)22(2)3/h4-5,7-8,16H,6,9-15H2,1-3H3,(H2,20,21,24). The monoisotopic (exact) mass is 396 g/mol. The van der Waals surface area contributed by atoms with Gasteiger partial charge in [-0.25, -0.2) is 17.5 Å². The number of hydrogen-bond donors (Lipinski definition) is 2. The van der Waals surface area contributed by atoms with E-state index in [1.807, 2.05) is 0 Å². The lowest BCUT2D eigenvalue weighted by Crippen LogP contribution is -2.38. The summed E-state index contributed by atoms with van der Waals surface area (Å²) in [7, 11) is -0.546. The lowest BCUT2D eigenvalue weighted by molar-refractivity contribution is 0.190. The Labute approximate surface area is 163 Å². The van der Waals surface area contributed by atoms with E-state index >= 15 is 0 Å². The summed E-state index contributed by atoms with van der Waals surface area (Å²) in [6.07, 6.45) is 3.42. The maximum atomic E-state index is 12.4. The number of amides is 2. The Morgan fingerprint density at radius 3 is 2.52 bits per heavy atom. The van der Waals surface area contributed by atoms with E-state index in [1.165, 1.54) is 31.2 Å². The third kappa shape index (κ3) is 6.48. The molecule has 0 aromatic heterocycles. The zero-order valence-electron chi connectivity index (χ0n) is 16.6. The third-order valence-corrected chi connectivity index (χ3v) is 6.90. The van der Waals surface area contributed by atoms with Crippen LogP contribution in [0.3, 0.4) is 0 Å². The van der Waals surface area contributed by atoms with Gasteiger partial charge in [-0.05, 0) is 56.4 Å². The van der Waals surface area contributed by atoms with Crippen molar-refractivity contribution in [3.63, 3.8) is 0 Å². The Morgan fingerprint density at radius 2 is 1.85 bits per heavy atom. The number of carbonyl (C=O) groups excluding carboxylic acids is 1. The molecule has 1 fully saturated rings. The number of rotatable bonds is 8. The van der Waals surface area contributed by atoms with Crippen LogP contribution in [0, 0.1) is 5.92 Å². The smallest absolute Gasteiger partial charge is 0.315 e. The molecule has 0 radical (unpaired) electrons. The highest BCUT2D eigenvalue weighted by atomic mass is 32.2. The van der Waals surface area contributed by atoms with Gasteiger partial charge in [-0.3, -0.25) is 0 Å². The minimum Gasteiger partial charge on any atom is -0.338 e. The van der Waals surface area contributed by atoms with E-state index in [9.17, 15) is 13.2 Å². The van der Waals surface area contributed by atoms with Gasteiger partial charge in [0.05, 0.1) is 4.90 Å². The van der Waals surface area contributed by atoms with Crippen LogP contribution in [0.15, 0.2) is 29.2 Å². The van der Waals surface area contributed by atoms with Crippen LogP contribution < -0.4 is 10.6 Å². The molecule has 0 atom stereocenters. The summed E-state index contributed by atoms with van der Waals surface area (Å²) in [5, 5.41) is 5.59. The second-order valence-electron chi connectivity index (χ2n) is 7.38. The third-order valence-electron chi connectivity index (χ3n) is 4.98. The van der Waals surface area contributed by atoms with E-state index in [0.29, 0.717) is 12.1 Å². The zero-order valence-corrected chi connectivity index (χ0v) is 17.4. The lowest BCUT2D eigenvalue weighted by Gasteiger charge is -2.30. The molecule has 1 aliphatic rings. The number of urea groups is 1. The Balaban J connectivity index is 1.75. The molecule has 152 valence electrons. The molecule has 1 aliphatic heterocycles. The SMILES string of the molecule is CC1CCN(CCCNC(=O)NCc2ccccc2S(=O)(=O)N(C)C)CC1. The van der Waals surface area contributed by atoms with Crippen LogP contribution >= 0.6 is 0 Å². The topological polar surface area (TPSA) is 81.8 Å². The number of likely N-dealkylation sites (tertiary alicyclic amines) is 1. The normalized spacial score (nSPS) is 16.4. The molecule has 27 heavy (non-hydrogen) atoms. The van der Waals surface area contributed by atoms with Crippen molar-refractivity contribution in [1.82, 2.24) is 19.8 Å². The zero-order chi connectivity index (χ0) is 19.9. The van der Waals surface area contributed by atoms with Crippen LogP contribution in [0.25, 0.3) is 0 Å². The van der Waals surface area contributed by atoms with Gasteiger partial charge in [0.25, 0.3) is 0 Å². The average Bonchev–Trinajstić information content (AvgIpc) is 2.65. The van der Waals surface area contributed by atoms with Crippen LogP contribution in [-0.4, -0.2) is 63.9 Å². The number of carbonyl (C=O) groups is 1. The summed E-state index contributed by atoms with van der Waals surface area (Å²) in [6.45, 7) is 6.35. The summed E-state index contributed by atoms with van der Waals surface area (Å²) in [5.74, 6) is 0.823. The maximum absolute atomic E-state index is 12.4. The number of piperidine rings is 1. The highest BCUT2D eigenvalue weighted by Crippen LogP contribution is 2.18. The highest BCUT2D eigenvalue weighted by molar-refractivity contribution is 7.89. The molecule has 0 spiro atoms. The molecule has 0 aliphatic carbocycles. The van der Waals surface area contributed by atoms with E-state index < -0.39 is 10.0 Å². The van der Waals surface area contributed by atoms with E-state index in [1.54, 1.807) is 24.3 Å². The van der Waals surface area contributed by atoms with Crippen LogP contribution in [0.1, 0.15) is 31.7 Å². The minimum atomic E-state index is -3.54. The van der Waals surface area contributed by atoms with Crippen molar-refractivity contribution in [2.75, 3.05) is 40.3 Å². The van der Waals surface area contributed by atoms with Crippen molar-refractivity contribution in [2.45, 2.75) is 37.6 Å². The van der Waals surface area contributed by atoms with Crippen LogP contribution in [-0.2, 0) is 16.6 Å². The second-order valence-corrected chi connectivity index (χ2v) is 9.50. The van der Waals surface area contributed by atoms with Gasteiger partial charge >= 0.3 is 6.03 Å². The van der Waals surface area contributed by atoms with Crippen LogP contribution in [0.5, 0.6) is 0 Å². The van der Waals surface area contributed by atoms with Gasteiger partial charge in [0, 0.05) is 27.2 Å². The van der Waals surface area contributed by atoms with Gasteiger partial charge in [-0.15, -0.1) is 0 Å². The molecule has 1 heterocycles. The number of benzene rings is 1. The summed E-state index contributed by atoms with van der Waals surface area (Å²) < 4.78 is 25.9. The molecule has 1 aromatic rings. The molecule has 0 saturated carbocycles. The van der Waals surface area contributed by atoms with Gasteiger partial charge < -0.3 is 15.5 Å². The highest BCUT2D eigenvalue weighted by Gasteiger charge is 2.20. The van der Waals surface area contributed by atoms with Gasteiger partial charge in [0.2, 0.25) is 10.0 Å². The first-order valence-corrected chi connectivity index (χ1v) is 11.0. The van der Waals surface area contributed by atoms with Crippen molar-refractivity contribution in [3.8, 4) is 0 Å². The Bertz CT molecular complexity index is 713. The Hall–Kier alpha value is -1.64. The van der Waals surface area contributed by atoms with Gasteiger partial charge in [-0.2, -0.15) is 0 Å².